The quantitative estimate of drug-likeness (QED) is 0.121. The highest BCUT2D eigenvalue weighted by Crippen LogP contribution is 2.56. The Morgan fingerprint density at radius 1 is 0.980 bits per heavy atom. The maximum Gasteiger partial charge on any atom is 0.332 e. The molecule has 7 heteroatoms. The molecule has 0 spiro atoms. The third kappa shape index (κ3) is 9.04. The number of rotatable bonds is 11. The predicted octanol–water partition coefficient (Wildman–Crippen LogP) is 11.8. The molecule has 0 heterocycles. The largest absolute Gasteiger partial charge is 0.457 e. The van der Waals surface area contributed by atoms with E-state index in [-0.39, 0.29) is 52.0 Å². The van der Waals surface area contributed by atoms with Gasteiger partial charge in [-0.05, 0) is 135 Å². The number of hydrogen-bond acceptors (Lipinski definition) is 5. The number of esters is 1. The van der Waals surface area contributed by atoms with Crippen LogP contribution in [-0.2, 0) is 23.1 Å². The summed E-state index contributed by atoms with van der Waals surface area (Å²) < 4.78 is 26.4. The minimum atomic E-state index is -2.01. The fraction of sp³-hybridized carbons (Fsp3) is 0.786. The molecule has 0 aliphatic heterocycles. The zero-order chi connectivity index (χ0) is 36.6. The van der Waals surface area contributed by atoms with E-state index in [9.17, 15) is 4.79 Å². The van der Waals surface area contributed by atoms with Crippen molar-refractivity contribution < 1.29 is 23.1 Å². The molecule has 0 N–H and O–H groups in total. The van der Waals surface area contributed by atoms with Gasteiger partial charge >= 0.3 is 5.97 Å². The van der Waals surface area contributed by atoms with E-state index in [1.807, 2.05) is 0 Å². The van der Waals surface area contributed by atoms with Gasteiger partial charge < -0.3 is 18.3 Å². The second kappa shape index (κ2) is 15.0. The molecule has 3 fully saturated rings. The summed E-state index contributed by atoms with van der Waals surface area (Å²) in [6.45, 7) is 34.7. The molecule has 0 aromatic heterocycles. The molecular formula is C42H72O5Si2. The molecule has 0 radical (unpaired) electrons. The first-order chi connectivity index (χ1) is 22.5. The van der Waals surface area contributed by atoms with E-state index in [1.165, 1.54) is 16.7 Å². The van der Waals surface area contributed by atoms with Crippen molar-refractivity contribution in [3.05, 3.63) is 47.1 Å². The smallest absolute Gasteiger partial charge is 0.332 e. The highest BCUT2D eigenvalue weighted by Gasteiger charge is 2.48. The Labute approximate surface area is 303 Å². The molecule has 0 unspecified atom stereocenters. The van der Waals surface area contributed by atoms with Gasteiger partial charge in [0, 0.05) is 6.42 Å². The van der Waals surface area contributed by atoms with Gasteiger partial charge in [0.2, 0.25) is 0 Å². The maximum absolute atomic E-state index is 12.9. The first kappa shape index (κ1) is 40.5. The lowest BCUT2D eigenvalue weighted by molar-refractivity contribution is -0.166. The van der Waals surface area contributed by atoms with E-state index < -0.39 is 16.6 Å². The number of hydrogen-bond donors (Lipinski definition) is 0. The van der Waals surface area contributed by atoms with Crippen LogP contribution in [0.15, 0.2) is 47.1 Å². The minimum Gasteiger partial charge on any atom is -0.457 e. The fourth-order valence-corrected chi connectivity index (χ4v) is 11.0. The highest BCUT2D eigenvalue weighted by molar-refractivity contribution is 6.74. The van der Waals surface area contributed by atoms with Crippen molar-refractivity contribution in [3.8, 4) is 0 Å². The fourth-order valence-electron chi connectivity index (χ4n) is 8.35. The molecule has 0 aromatic rings. The van der Waals surface area contributed by atoms with E-state index in [0.717, 1.165) is 76.2 Å². The Bertz CT molecular complexity index is 1300. The Morgan fingerprint density at radius 3 is 2.18 bits per heavy atom. The molecule has 0 amide bonds. The molecule has 3 saturated carbocycles. The molecule has 49 heavy (non-hydrogen) atoms. The van der Waals surface area contributed by atoms with E-state index >= 15 is 0 Å². The summed E-state index contributed by atoms with van der Waals surface area (Å²) in [6.07, 6.45) is 18.5. The number of fused-ring (bicyclic) bond motifs is 1. The van der Waals surface area contributed by atoms with E-state index in [0.29, 0.717) is 5.92 Å². The van der Waals surface area contributed by atoms with Crippen molar-refractivity contribution in [3.63, 3.8) is 0 Å². The zero-order valence-corrected chi connectivity index (χ0v) is 35.8. The van der Waals surface area contributed by atoms with E-state index in [4.69, 9.17) is 18.3 Å². The second-order valence-electron chi connectivity index (χ2n) is 19.2. The van der Waals surface area contributed by atoms with Gasteiger partial charge in [-0.15, -0.1) is 0 Å². The predicted molar refractivity (Wildman–Crippen MR) is 210 cm³/mol. The van der Waals surface area contributed by atoms with E-state index in [2.05, 4.69) is 113 Å². The maximum atomic E-state index is 12.9. The van der Waals surface area contributed by atoms with Gasteiger partial charge in [0.05, 0.1) is 18.3 Å². The molecule has 4 aliphatic carbocycles. The normalized spacial score (nSPS) is 30.4. The van der Waals surface area contributed by atoms with Crippen molar-refractivity contribution in [2.75, 3.05) is 6.61 Å². The molecule has 0 saturated heterocycles. The van der Waals surface area contributed by atoms with Crippen molar-refractivity contribution in [2.24, 2.45) is 11.3 Å². The summed E-state index contributed by atoms with van der Waals surface area (Å²) in [5.41, 5.74) is 5.05. The monoisotopic (exact) mass is 712 g/mol. The van der Waals surface area contributed by atoms with Gasteiger partial charge in [-0.25, -0.2) is 4.79 Å². The van der Waals surface area contributed by atoms with Crippen LogP contribution in [0.4, 0.5) is 0 Å². The van der Waals surface area contributed by atoms with Crippen molar-refractivity contribution >= 4 is 22.6 Å². The third-order valence-electron chi connectivity index (χ3n) is 13.7. The van der Waals surface area contributed by atoms with Gasteiger partial charge in [-0.2, -0.15) is 0 Å². The van der Waals surface area contributed by atoms with Gasteiger partial charge in [0.1, 0.15) is 12.2 Å². The lowest BCUT2D eigenvalue weighted by Gasteiger charge is -2.45. The molecule has 4 rings (SSSR count). The van der Waals surface area contributed by atoms with Gasteiger partial charge in [-0.3, -0.25) is 0 Å². The van der Waals surface area contributed by atoms with Crippen LogP contribution < -0.4 is 0 Å². The highest BCUT2D eigenvalue weighted by atomic mass is 28.4. The molecule has 4 aliphatic rings. The van der Waals surface area contributed by atoms with Gasteiger partial charge in [0.25, 0.3) is 0 Å². The summed E-state index contributed by atoms with van der Waals surface area (Å²) in [6, 6.07) is 0. The van der Waals surface area contributed by atoms with Crippen LogP contribution in [0.3, 0.4) is 0 Å². The SMILES string of the molecule is C=C1C(=CC=C2CCC[C@]3(C)C([C@H](C)OCC(=O)OC4(CC)CCCC4)=CC[C@@H]23)C[C@@H](O[Si](C)(C)C(C)(C)C)C[C@@H]1O[Si](C)(C)C(C)(C)C. The molecule has 278 valence electrons. The number of ether oxygens (including phenoxy) is 2. The van der Waals surface area contributed by atoms with E-state index in [1.54, 1.807) is 0 Å². The zero-order valence-electron chi connectivity index (χ0n) is 33.8. The summed E-state index contributed by atoms with van der Waals surface area (Å²) in [7, 11) is -3.98. The van der Waals surface area contributed by atoms with Crippen LogP contribution >= 0.6 is 0 Å². The van der Waals surface area contributed by atoms with Crippen molar-refractivity contribution in [1.29, 1.82) is 0 Å². The van der Waals surface area contributed by atoms with Crippen LogP contribution in [-0.4, -0.2) is 53.1 Å². The molecule has 0 aromatic carbocycles. The summed E-state index contributed by atoms with van der Waals surface area (Å²) >= 11 is 0. The Kier molecular flexibility index (Phi) is 12.4. The van der Waals surface area contributed by atoms with Crippen molar-refractivity contribution in [2.45, 2.75) is 193 Å². The standard InChI is InChI=1S/C42H72O5Si2/c1-15-42(25-16-17-26-42)45-38(43)29-44-31(3)35-22-23-36-32(19-18-24-41(35,36)10)20-21-33-27-34(46-48(11,12)39(4,5)6)28-37(30(33)2)47-49(13,14)40(7,8)9/h20-22,31,34,36-37H,2,15-19,23-29H2,1,3-14H3/t31-,34+,36-,37-,41+/m0/s1. The first-order valence-electron chi connectivity index (χ1n) is 19.5. The molecule has 5 nitrogen and oxygen atoms in total. The van der Waals surface area contributed by atoms with Crippen LogP contribution in [0.1, 0.15) is 133 Å². The summed E-state index contributed by atoms with van der Waals surface area (Å²) in [5.74, 6) is 0.231. The lowest BCUT2D eigenvalue weighted by atomic mass is 9.63. The third-order valence-corrected chi connectivity index (χ3v) is 22.7. The second-order valence-corrected chi connectivity index (χ2v) is 28.7. The molecular weight excluding hydrogens is 641 g/mol. The van der Waals surface area contributed by atoms with Gasteiger partial charge in [-0.1, -0.05) is 85.8 Å². The summed E-state index contributed by atoms with van der Waals surface area (Å²) in [5, 5.41) is 0.276. The minimum absolute atomic E-state index is 0.0176. The van der Waals surface area contributed by atoms with Crippen LogP contribution in [0.2, 0.25) is 36.3 Å². The van der Waals surface area contributed by atoms with Crippen LogP contribution in [0, 0.1) is 11.3 Å². The first-order valence-corrected chi connectivity index (χ1v) is 25.3. The van der Waals surface area contributed by atoms with Gasteiger partial charge in [0.15, 0.2) is 16.6 Å². The Morgan fingerprint density at radius 2 is 1.59 bits per heavy atom. The average molecular weight is 713 g/mol. The Balaban J connectivity index is 1.51. The molecule has 0 bridgehead atoms. The number of carbonyl (C=O) groups excluding carboxylic acids is 1. The van der Waals surface area contributed by atoms with Crippen LogP contribution in [0.25, 0.3) is 0 Å². The average Bonchev–Trinajstić information content (AvgIpc) is 3.60. The topological polar surface area (TPSA) is 54.0 Å². The lowest BCUT2D eigenvalue weighted by Crippen LogP contribution is -2.49. The van der Waals surface area contributed by atoms with Crippen LogP contribution in [0.5, 0.6) is 0 Å². The number of carbonyl (C=O) groups is 1. The molecule has 5 atom stereocenters. The Hall–Kier alpha value is -1.26. The van der Waals surface area contributed by atoms with Crippen molar-refractivity contribution in [1.82, 2.24) is 0 Å². The summed E-state index contributed by atoms with van der Waals surface area (Å²) in [4.78, 5) is 12.9. The number of allylic oxidation sites excluding steroid dienone is 4.